The van der Waals surface area contributed by atoms with Crippen LogP contribution in [0.1, 0.15) is 37.1 Å². The van der Waals surface area contributed by atoms with Crippen molar-refractivity contribution in [2.75, 3.05) is 18.0 Å². The zero-order chi connectivity index (χ0) is 20.4. The molecule has 2 N–H and O–H groups in total. The molecule has 1 saturated carbocycles. The van der Waals surface area contributed by atoms with Gasteiger partial charge in [-0.05, 0) is 57.6 Å². The van der Waals surface area contributed by atoms with Crippen LogP contribution in [0.5, 0.6) is 0 Å². The van der Waals surface area contributed by atoms with E-state index >= 15 is 0 Å². The molecule has 2 aromatic rings. The fourth-order valence-corrected chi connectivity index (χ4v) is 4.59. The number of anilines is 1. The Hall–Kier alpha value is -2.48. The summed E-state index contributed by atoms with van der Waals surface area (Å²) in [5.41, 5.74) is 1.93. The molecule has 2 aromatic heterocycles. The van der Waals surface area contributed by atoms with E-state index < -0.39 is 6.10 Å². The molecule has 1 aliphatic heterocycles. The Balaban J connectivity index is 1.27. The van der Waals surface area contributed by atoms with Gasteiger partial charge in [0, 0.05) is 49.3 Å². The van der Waals surface area contributed by atoms with Gasteiger partial charge < -0.3 is 15.3 Å². The van der Waals surface area contributed by atoms with Gasteiger partial charge in [0.15, 0.2) is 0 Å². The van der Waals surface area contributed by atoms with Gasteiger partial charge in [0.25, 0.3) is 0 Å². The van der Waals surface area contributed by atoms with Crippen LogP contribution >= 0.6 is 0 Å². The molecule has 0 bridgehead atoms. The van der Waals surface area contributed by atoms with Crippen molar-refractivity contribution in [3.63, 3.8) is 0 Å². The third-order valence-electron chi connectivity index (χ3n) is 6.08. The maximum Gasteiger partial charge on any atom is 0.225 e. The highest BCUT2D eigenvalue weighted by atomic mass is 16.3. The minimum Gasteiger partial charge on any atom is -0.391 e. The summed E-state index contributed by atoms with van der Waals surface area (Å²) in [4.78, 5) is 24.0. The standard InChI is InChI=1S/C21H30N6O2/c1-14-10-15(2)24-21(23-14)26-8-4-17(5-9-26)20(29)25-18-11-16(12-19(18)28)13-27-7-3-6-22-27/h3,6-7,10,16-19,28H,4-5,8-9,11-13H2,1-2H3,(H,25,29)/t16?,18-,19-/m1/s1. The first-order valence-electron chi connectivity index (χ1n) is 10.5. The van der Waals surface area contributed by atoms with Crippen LogP contribution in [0.2, 0.25) is 0 Å². The Morgan fingerprint density at radius 1 is 1.21 bits per heavy atom. The van der Waals surface area contributed by atoms with Crippen LogP contribution in [0.15, 0.2) is 24.5 Å². The molecular formula is C21H30N6O2. The SMILES string of the molecule is Cc1cc(C)nc(N2CCC(C(=O)N[C@@H]3CC(Cn4cccn4)C[C@H]3O)CC2)n1. The molecule has 1 amide bonds. The maximum atomic E-state index is 12.8. The number of aliphatic hydroxyl groups is 1. The molecule has 2 fully saturated rings. The minimum absolute atomic E-state index is 0.0190. The summed E-state index contributed by atoms with van der Waals surface area (Å²) in [5.74, 6) is 1.14. The number of carbonyl (C=O) groups is 1. The van der Waals surface area contributed by atoms with Gasteiger partial charge >= 0.3 is 0 Å². The van der Waals surface area contributed by atoms with Crippen molar-refractivity contribution in [2.24, 2.45) is 11.8 Å². The van der Waals surface area contributed by atoms with Crippen molar-refractivity contribution in [1.82, 2.24) is 25.1 Å². The molecule has 8 nitrogen and oxygen atoms in total. The molecule has 0 radical (unpaired) electrons. The van der Waals surface area contributed by atoms with E-state index in [0.29, 0.717) is 12.3 Å². The molecule has 1 aliphatic carbocycles. The van der Waals surface area contributed by atoms with E-state index in [1.165, 1.54) is 0 Å². The summed E-state index contributed by atoms with van der Waals surface area (Å²) in [7, 11) is 0. The largest absolute Gasteiger partial charge is 0.391 e. The Morgan fingerprint density at radius 2 is 1.93 bits per heavy atom. The van der Waals surface area contributed by atoms with E-state index in [1.807, 2.05) is 36.9 Å². The number of aryl methyl sites for hydroxylation is 2. The predicted molar refractivity (Wildman–Crippen MR) is 109 cm³/mol. The van der Waals surface area contributed by atoms with Gasteiger partial charge in [0.05, 0.1) is 12.1 Å². The van der Waals surface area contributed by atoms with Crippen LogP contribution < -0.4 is 10.2 Å². The molecule has 3 atom stereocenters. The van der Waals surface area contributed by atoms with E-state index in [-0.39, 0.29) is 17.9 Å². The number of aromatic nitrogens is 4. The zero-order valence-corrected chi connectivity index (χ0v) is 17.2. The number of nitrogens with one attached hydrogen (secondary N) is 1. The van der Waals surface area contributed by atoms with Crippen LogP contribution in [0.3, 0.4) is 0 Å². The van der Waals surface area contributed by atoms with Gasteiger partial charge in [-0.25, -0.2) is 9.97 Å². The smallest absolute Gasteiger partial charge is 0.225 e. The molecule has 2 aliphatic rings. The number of hydrogen-bond acceptors (Lipinski definition) is 6. The molecule has 0 spiro atoms. The highest BCUT2D eigenvalue weighted by molar-refractivity contribution is 5.79. The quantitative estimate of drug-likeness (QED) is 0.792. The monoisotopic (exact) mass is 398 g/mol. The van der Waals surface area contributed by atoms with Crippen molar-refractivity contribution in [3.05, 3.63) is 35.9 Å². The van der Waals surface area contributed by atoms with Crippen molar-refractivity contribution in [1.29, 1.82) is 0 Å². The number of rotatable bonds is 5. The van der Waals surface area contributed by atoms with Crippen LogP contribution in [-0.4, -0.2) is 56.0 Å². The van der Waals surface area contributed by atoms with Gasteiger partial charge in [0.1, 0.15) is 0 Å². The Morgan fingerprint density at radius 3 is 2.59 bits per heavy atom. The normalized spacial score (nSPS) is 25.3. The van der Waals surface area contributed by atoms with Crippen molar-refractivity contribution < 1.29 is 9.90 Å². The average molecular weight is 399 g/mol. The lowest BCUT2D eigenvalue weighted by Crippen LogP contribution is -2.46. The summed E-state index contributed by atoms with van der Waals surface area (Å²) in [5, 5.41) is 17.8. The fourth-order valence-electron chi connectivity index (χ4n) is 4.59. The molecule has 4 rings (SSSR count). The minimum atomic E-state index is -0.483. The lowest BCUT2D eigenvalue weighted by molar-refractivity contribution is -0.127. The average Bonchev–Trinajstić information content (AvgIpc) is 3.31. The van der Waals surface area contributed by atoms with Crippen LogP contribution in [-0.2, 0) is 11.3 Å². The Bertz CT molecular complexity index is 811. The van der Waals surface area contributed by atoms with E-state index in [9.17, 15) is 9.90 Å². The summed E-state index contributed by atoms with van der Waals surface area (Å²) >= 11 is 0. The fraction of sp³-hybridized carbons (Fsp3) is 0.619. The van der Waals surface area contributed by atoms with Crippen LogP contribution in [0.4, 0.5) is 5.95 Å². The molecule has 1 unspecified atom stereocenters. The molecule has 8 heteroatoms. The summed E-state index contributed by atoms with van der Waals surface area (Å²) < 4.78 is 1.90. The lowest BCUT2D eigenvalue weighted by atomic mass is 9.95. The first-order valence-corrected chi connectivity index (χ1v) is 10.5. The number of aliphatic hydroxyl groups excluding tert-OH is 1. The van der Waals surface area contributed by atoms with Crippen molar-refractivity contribution >= 4 is 11.9 Å². The second-order valence-electron chi connectivity index (χ2n) is 8.46. The van der Waals surface area contributed by atoms with Gasteiger partial charge in [-0.2, -0.15) is 5.10 Å². The molecule has 1 saturated heterocycles. The molecular weight excluding hydrogens is 368 g/mol. The summed E-state index contributed by atoms with van der Waals surface area (Å²) in [6.45, 7) is 6.28. The maximum absolute atomic E-state index is 12.8. The first-order chi connectivity index (χ1) is 14.0. The van der Waals surface area contributed by atoms with Crippen LogP contribution in [0, 0.1) is 25.7 Å². The highest BCUT2D eigenvalue weighted by Crippen LogP contribution is 2.28. The number of amides is 1. The summed E-state index contributed by atoms with van der Waals surface area (Å²) in [6.07, 6.45) is 6.27. The molecule has 29 heavy (non-hydrogen) atoms. The predicted octanol–water partition coefficient (Wildman–Crippen LogP) is 1.46. The second-order valence-corrected chi connectivity index (χ2v) is 8.46. The van der Waals surface area contributed by atoms with E-state index in [2.05, 4.69) is 25.3 Å². The number of hydrogen-bond donors (Lipinski definition) is 2. The number of piperidine rings is 1. The van der Waals surface area contributed by atoms with Crippen molar-refractivity contribution in [2.45, 2.75) is 58.2 Å². The zero-order valence-electron chi connectivity index (χ0n) is 17.2. The van der Waals surface area contributed by atoms with Gasteiger partial charge in [-0.3, -0.25) is 9.48 Å². The third-order valence-corrected chi connectivity index (χ3v) is 6.08. The first kappa shape index (κ1) is 19.8. The van der Waals surface area contributed by atoms with Gasteiger partial charge in [-0.15, -0.1) is 0 Å². The Labute approximate surface area is 171 Å². The lowest BCUT2D eigenvalue weighted by Gasteiger charge is -2.32. The topological polar surface area (TPSA) is 96.2 Å². The van der Waals surface area contributed by atoms with Crippen molar-refractivity contribution in [3.8, 4) is 0 Å². The number of nitrogens with zero attached hydrogens (tertiary/aromatic N) is 5. The van der Waals surface area contributed by atoms with Gasteiger partial charge in [-0.1, -0.05) is 0 Å². The molecule has 156 valence electrons. The van der Waals surface area contributed by atoms with E-state index in [4.69, 9.17) is 0 Å². The number of carbonyl (C=O) groups excluding carboxylic acids is 1. The third kappa shape index (κ3) is 4.75. The highest BCUT2D eigenvalue weighted by Gasteiger charge is 2.36. The van der Waals surface area contributed by atoms with Gasteiger partial charge in [0.2, 0.25) is 11.9 Å². The molecule has 0 aromatic carbocycles. The molecule has 3 heterocycles. The second kappa shape index (κ2) is 8.49. The van der Waals surface area contributed by atoms with E-state index in [1.54, 1.807) is 6.20 Å². The van der Waals surface area contributed by atoms with E-state index in [0.717, 1.165) is 56.2 Å². The van der Waals surface area contributed by atoms with Crippen LogP contribution in [0.25, 0.3) is 0 Å². The Kier molecular flexibility index (Phi) is 5.80. The summed E-state index contributed by atoms with van der Waals surface area (Å²) in [6, 6.07) is 3.71.